The average Bonchev–Trinajstić information content (AvgIpc) is 2.83. The fraction of sp³-hybridized carbons (Fsp3) is 0.700. The summed E-state index contributed by atoms with van der Waals surface area (Å²) in [5.41, 5.74) is 3.41. The minimum Gasteiger partial charge on any atom is -0.459 e. The SMILES string of the molecule is CCCCCCCCC1CCC(OC(=O)c2ccc(C3=CCC(CCC)CC3)cc2)CC1. The van der Waals surface area contributed by atoms with Crippen molar-refractivity contribution in [3.8, 4) is 0 Å². The first kappa shape index (κ1) is 25.1. The van der Waals surface area contributed by atoms with Crippen molar-refractivity contribution in [1.82, 2.24) is 0 Å². The predicted octanol–water partition coefficient (Wildman–Crippen LogP) is 9.14. The van der Waals surface area contributed by atoms with E-state index in [1.807, 2.05) is 12.1 Å². The van der Waals surface area contributed by atoms with E-state index in [9.17, 15) is 4.79 Å². The molecule has 1 atom stereocenters. The minimum atomic E-state index is -0.142. The van der Waals surface area contributed by atoms with Gasteiger partial charge in [0.2, 0.25) is 0 Å². The Kier molecular flexibility index (Phi) is 10.9. The van der Waals surface area contributed by atoms with Gasteiger partial charge in [0.25, 0.3) is 0 Å². The number of esters is 1. The molecule has 2 aliphatic rings. The molecule has 0 N–H and O–H groups in total. The van der Waals surface area contributed by atoms with Crippen molar-refractivity contribution in [2.45, 2.75) is 123 Å². The average molecular weight is 439 g/mol. The molecule has 0 aromatic heterocycles. The van der Waals surface area contributed by atoms with Crippen molar-refractivity contribution >= 4 is 11.5 Å². The molecule has 1 fully saturated rings. The maximum atomic E-state index is 12.7. The fourth-order valence-corrected chi connectivity index (χ4v) is 5.61. The van der Waals surface area contributed by atoms with E-state index in [2.05, 4.69) is 32.1 Å². The molecular formula is C30H46O2. The number of hydrogen-bond acceptors (Lipinski definition) is 2. The summed E-state index contributed by atoms with van der Waals surface area (Å²) in [7, 11) is 0. The van der Waals surface area contributed by atoms with Crippen LogP contribution in [0, 0.1) is 11.8 Å². The van der Waals surface area contributed by atoms with Crippen molar-refractivity contribution in [3.05, 3.63) is 41.5 Å². The molecule has 0 spiro atoms. The van der Waals surface area contributed by atoms with E-state index in [1.54, 1.807) is 0 Å². The number of allylic oxidation sites excluding steroid dienone is 2. The first-order valence-corrected chi connectivity index (χ1v) is 13.7. The van der Waals surface area contributed by atoms with Crippen LogP contribution in [0.5, 0.6) is 0 Å². The molecule has 2 aliphatic carbocycles. The number of unbranched alkanes of at least 4 members (excludes halogenated alkanes) is 5. The summed E-state index contributed by atoms with van der Waals surface area (Å²) in [6.45, 7) is 4.55. The lowest BCUT2D eigenvalue weighted by atomic mass is 9.84. The zero-order chi connectivity index (χ0) is 22.6. The van der Waals surface area contributed by atoms with Gasteiger partial charge >= 0.3 is 5.97 Å². The van der Waals surface area contributed by atoms with Gasteiger partial charge in [0.1, 0.15) is 6.10 Å². The second kappa shape index (κ2) is 13.9. The maximum Gasteiger partial charge on any atom is 0.338 e. The van der Waals surface area contributed by atoms with E-state index in [0.29, 0.717) is 5.56 Å². The molecule has 32 heavy (non-hydrogen) atoms. The number of benzene rings is 1. The van der Waals surface area contributed by atoms with Crippen LogP contribution in [0.2, 0.25) is 0 Å². The second-order valence-electron chi connectivity index (χ2n) is 10.3. The van der Waals surface area contributed by atoms with E-state index in [-0.39, 0.29) is 12.1 Å². The number of ether oxygens (including phenoxy) is 1. The molecule has 2 heteroatoms. The molecule has 0 bridgehead atoms. The molecule has 0 aliphatic heterocycles. The summed E-state index contributed by atoms with van der Waals surface area (Å²) in [6.07, 6.45) is 23.0. The fourth-order valence-electron chi connectivity index (χ4n) is 5.61. The molecule has 1 aromatic rings. The van der Waals surface area contributed by atoms with Crippen molar-refractivity contribution in [2.75, 3.05) is 0 Å². The van der Waals surface area contributed by atoms with E-state index >= 15 is 0 Å². The molecule has 0 heterocycles. The summed E-state index contributed by atoms with van der Waals surface area (Å²) in [5, 5.41) is 0. The van der Waals surface area contributed by atoms with Gasteiger partial charge in [-0.2, -0.15) is 0 Å². The van der Waals surface area contributed by atoms with Gasteiger partial charge in [-0.05, 0) is 80.1 Å². The zero-order valence-electron chi connectivity index (χ0n) is 20.7. The van der Waals surface area contributed by atoms with Crippen LogP contribution in [0.15, 0.2) is 30.3 Å². The third kappa shape index (κ3) is 8.09. The third-order valence-corrected chi connectivity index (χ3v) is 7.74. The highest BCUT2D eigenvalue weighted by molar-refractivity contribution is 5.90. The van der Waals surface area contributed by atoms with E-state index < -0.39 is 0 Å². The normalized spacial score (nSPS) is 23.6. The molecule has 3 rings (SSSR count). The van der Waals surface area contributed by atoms with E-state index in [0.717, 1.165) is 31.1 Å². The molecule has 0 radical (unpaired) electrons. The molecule has 1 saturated carbocycles. The van der Waals surface area contributed by atoms with Gasteiger partial charge in [0.15, 0.2) is 0 Å². The summed E-state index contributed by atoms with van der Waals surface area (Å²) in [6, 6.07) is 8.14. The Balaban J connectivity index is 1.36. The predicted molar refractivity (Wildman–Crippen MR) is 136 cm³/mol. The van der Waals surface area contributed by atoms with Crippen LogP contribution >= 0.6 is 0 Å². The lowest BCUT2D eigenvalue weighted by molar-refractivity contribution is 0.0161. The second-order valence-corrected chi connectivity index (χ2v) is 10.3. The lowest BCUT2D eigenvalue weighted by Crippen LogP contribution is -2.24. The Labute approximate surface area is 197 Å². The third-order valence-electron chi connectivity index (χ3n) is 7.74. The zero-order valence-corrected chi connectivity index (χ0v) is 20.7. The van der Waals surface area contributed by atoms with Crippen LogP contribution in [-0.4, -0.2) is 12.1 Å². The maximum absolute atomic E-state index is 12.7. The summed E-state index contributed by atoms with van der Waals surface area (Å²) in [4.78, 5) is 12.7. The topological polar surface area (TPSA) is 26.3 Å². The summed E-state index contributed by atoms with van der Waals surface area (Å²) >= 11 is 0. The Bertz CT molecular complexity index is 694. The quantitative estimate of drug-likeness (QED) is 0.240. The molecule has 178 valence electrons. The minimum absolute atomic E-state index is 0.111. The van der Waals surface area contributed by atoms with Crippen molar-refractivity contribution in [2.24, 2.45) is 11.8 Å². The van der Waals surface area contributed by atoms with Gasteiger partial charge in [-0.1, -0.05) is 89.8 Å². The number of carbonyl (C=O) groups excluding carboxylic acids is 1. The van der Waals surface area contributed by atoms with Crippen molar-refractivity contribution in [3.63, 3.8) is 0 Å². The Morgan fingerprint density at radius 1 is 0.812 bits per heavy atom. The van der Waals surface area contributed by atoms with Gasteiger partial charge in [0, 0.05) is 0 Å². The van der Waals surface area contributed by atoms with Crippen LogP contribution in [0.25, 0.3) is 5.57 Å². The van der Waals surface area contributed by atoms with Crippen LogP contribution in [0.1, 0.15) is 133 Å². The van der Waals surface area contributed by atoms with E-state index in [4.69, 9.17) is 4.74 Å². The standard InChI is InChI=1S/C30H46O2/c1-3-5-6-7-8-9-11-25-14-22-29(23-15-25)32-30(31)28-20-18-27(19-21-28)26-16-12-24(10-4-2)13-17-26/h16,18-21,24-25,29H,3-15,17,22-23H2,1-2H3. The Hall–Kier alpha value is -1.57. The monoisotopic (exact) mass is 438 g/mol. The van der Waals surface area contributed by atoms with Gasteiger partial charge in [0.05, 0.1) is 5.56 Å². The van der Waals surface area contributed by atoms with Crippen LogP contribution in [-0.2, 0) is 4.74 Å². The van der Waals surface area contributed by atoms with Crippen molar-refractivity contribution in [1.29, 1.82) is 0 Å². The number of rotatable bonds is 12. The Morgan fingerprint density at radius 2 is 1.53 bits per heavy atom. The molecule has 0 saturated heterocycles. The summed E-state index contributed by atoms with van der Waals surface area (Å²) < 4.78 is 5.87. The first-order chi connectivity index (χ1) is 15.7. The lowest BCUT2D eigenvalue weighted by Gasteiger charge is -2.28. The van der Waals surface area contributed by atoms with Gasteiger partial charge in [-0.3, -0.25) is 0 Å². The van der Waals surface area contributed by atoms with Crippen LogP contribution in [0.4, 0.5) is 0 Å². The Morgan fingerprint density at radius 3 is 2.19 bits per heavy atom. The molecule has 0 amide bonds. The molecule has 1 aromatic carbocycles. The largest absolute Gasteiger partial charge is 0.459 e. The highest BCUT2D eigenvalue weighted by Crippen LogP contribution is 2.33. The van der Waals surface area contributed by atoms with Crippen molar-refractivity contribution < 1.29 is 9.53 Å². The summed E-state index contributed by atoms with van der Waals surface area (Å²) in [5.74, 6) is 1.56. The number of hydrogen-bond donors (Lipinski definition) is 0. The van der Waals surface area contributed by atoms with Crippen LogP contribution in [0.3, 0.4) is 0 Å². The molecular weight excluding hydrogens is 392 g/mol. The van der Waals surface area contributed by atoms with Crippen LogP contribution < -0.4 is 0 Å². The smallest absolute Gasteiger partial charge is 0.338 e. The highest BCUT2D eigenvalue weighted by atomic mass is 16.5. The highest BCUT2D eigenvalue weighted by Gasteiger charge is 2.24. The molecule has 1 unspecified atom stereocenters. The van der Waals surface area contributed by atoms with Gasteiger partial charge in [-0.15, -0.1) is 0 Å². The molecule has 2 nitrogen and oxygen atoms in total. The number of carbonyl (C=O) groups is 1. The van der Waals surface area contributed by atoms with E-state index in [1.165, 1.54) is 94.6 Å². The first-order valence-electron chi connectivity index (χ1n) is 13.7. The van der Waals surface area contributed by atoms with Gasteiger partial charge < -0.3 is 4.74 Å². The van der Waals surface area contributed by atoms with Gasteiger partial charge in [-0.25, -0.2) is 4.79 Å².